The molecule has 19 heavy (non-hydrogen) atoms. The van der Waals surface area contributed by atoms with Crippen molar-refractivity contribution in [2.45, 2.75) is 33.7 Å². The Morgan fingerprint density at radius 3 is 2.47 bits per heavy atom. The molecule has 2 rings (SSSR count). The van der Waals surface area contributed by atoms with Crippen LogP contribution in [-0.4, -0.2) is 6.54 Å². The fraction of sp³-hybridized carbons (Fsp3) is 0.375. The fourth-order valence-corrected chi connectivity index (χ4v) is 2.45. The van der Waals surface area contributed by atoms with Crippen molar-refractivity contribution < 1.29 is 8.81 Å². The van der Waals surface area contributed by atoms with Gasteiger partial charge in [0.05, 0.1) is 6.04 Å². The van der Waals surface area contributed by atoms with Crippen LogP contribution in [0.2, 0.25) is 0 Å². The van der Waals surface area contributed by atoms with Crippen LogP contribution in [0.4, 0.5) is 4.39 Å². The third-order valence-electron chi connectivity index (χ3n) is 3.22. The molecule has 0 bridgehead atoms. The van der Waals surface area contributed by atoms with Gasteiger partial charge in [0, 0.05) is 5.56 Å². The second kappa shape index (κ2) is 5.57. The molecule has 0 saturated heterocycles. The Bertz CT molecular complexity index is 551. The maximum absolute atomic E-state index is 14.3. The number of rotatable bonds is 4. The van der Waals surface area contributed by atoms with Gasteiger partial charge in [-0.2, -0.15) is 0 Å². The molecular weight excluding hydrogens is 241 g/mol. The second-order valence-electron chi connectivity index (χ2n) is 4.92. The Hall–Kier alpha value is -1.61. The summed E-state index contributed by atoms with van der Waals surface area (Å²) in [5.74, 6) is 1.41. The van der Waals surface area contributed by atoms with Crippen molar-refractivity contribution in [1.29, 1.82) is 0 Å². The van der Waals surface area contributed by atoms with Gasteiger partial charge in [0.15, 0.2) is 0 Å². The summed E-state index contributed by atoms with van der Waals surface area (Å²) in [4.78, 5) is 0. The van der Waals surface area contributed by atoms with E-state index in [-0.39, 0.29) is 11.9 Å². The molecule has 102 valence electrons. The topological polar surface area (TPSA) is 25.2 Å². The highest BCUT2D eigenvalue weighted by molar-refractivity contribution is 5.38. The van der Waals surface area contributed by atoms with Crippen molar-refractivity contribution in [3.05, 3.63) is 58.3 Å². The van der Waals surface area contributed by atoms with Gasteiger partial charge in [0.1, 0.15) is 17.3 Å². The first-order chi connectivity index (χ1) is 9.02. The van der Waals surface area contributed by atoms with Gasteiger partial charge in [-0.15, -0.1) is 0 Å². The number of furan rings is 1. The third-order valence-corrected chi connectivity index (χ3v) is 3.22. The fourth-order valence-electron chi connectivity index (χ4n) is 2.45. The van der Waals surface area contributed by atoms with E-state index in [1.54, 1.807) is 6.07 Å². The molecule has 0 spiro atoms. The van der Waals surface area contributed by atoms with Gasteiger partial charge in [0.2, 0.25) is 0 Å². The van der Waals surface area contributed by atoms with Crippen LogP contribution < -0.4 is 5.32 Å². The van der Waals surface area contributed by atoms with E-state index in [9.17, 15) is 4.39 Å². The molecule has 1 N–H and O–H groups in total. The molecule has 0 aliphatic rings. The smallest absolute Gasteiger partial charge is 0.128 e. The molecule has 1 aromatic heterocycles. The first-order valence-corrected chi connectivity index (χ1v) is 6.59. The number of nitrogens with one attached hydrogen (secondary N) is 1. The van der Waals surface area contributed by atoms with Gasteiger partial charge in [-0.05, 0) is 56.6 Å². The van der Waals surface area contributed by atoms with Crippen LogP contribution in [-0.2, 0) is 0 Å². The van der Waals surface area contributed by atoms with Crippen LogP contribution in [0.15, 0.2) is 28.7 Å². The lowest BCUT2D eigenvalue weighted by molar-refractivity contribution is 0.425. The van der Waals surface area contributed by atoms with Crippen molar-refractivity contribution >= 4 is 0 Å². The summed E-state index contributed by atoms with van der Waals surface area (Å²) in [7, 11) is 0. The zero-order valence-corrected chi connectivity index (χ0v) is 11.9. The molecule has 1 unspecified atom stereocenters. The second-order valence-corrected chi connectivity index (χ2v) is 4.92. The maximum Gasteiger partial charge on any atom is 0.128 e. The molecule has 2 aromatic rings. The summed E-state index contributed by atoms with van der Waals surface area (Å²) in [5.41, 5.74) is 2.55. The highest BCUT2D eigenvalue weighted by Gasteiger charge is 2.22. The van der Waals surface area contributed by atoms with E-state index in [1.807, 2.05) is 45.9 Å². The van der Waals surface area contributed by atoms with Gasteiger partial charge in [0.25, 0.3) is 0 Å². The van der Waals surface area contributed by atoms with E-state index in [0.717, 1.165) is 29.2 Å². The van der Waals surface area contributed by atoms with Gasteiger partial charge in [-0.25, -0.2) is 4.39 Å². The van der Waals surface area contributed by atoms with E-state index in [2.05, 4.69) is 5.32 Å². The van der Waals surface area contributed by atoms with Crippen molar-refractivity contribution in [3.8, 4) is 0 Å². The largest absolute Gasteiger partial charge is 0.464 e. The molecule has 1 aromatic carbocycles. The Balaban J connectivity index is 2.51. The van der Waals surface area contributed by atoms with Crippen molar-refractivity contribution in [2.75, 3.05) is 6.54 Å². The zero-order valence-electron chi connectivity index (χ0n) is 11.9. The van der Waals surface area contributed by atoms with Crippen molar-refractivity contribution in [3.63, 3.8) is 0 Å². The molecular formula is C16H20FNO. The molecule has 3 heteroatoms. The molecule has 0 saturated carbocycles. The maximum atomic E-state index is 14.3. The van der Waals surface area contributed by atoms with Crippen LogP contribution in [0.3, 0.4) is 0 Å². The quantitative estimate of drug-likeness (QED) is 0.898. The molecule has 2 nitrogen and oxygen atoms in total. The minimum Gasteiger partial charge on any atom is -0.464 e. The number of hydrogen-bond acceptors (Lipinski definition) is 2. The number of hydrogen-bond donors (Lipinski definition) is 1. The number of aryl methyl sites for hydroxylation is 3. The summed E-state index contributed by atoms with van der Waals surface area (Å²) in [6, 6.07) is 7.14. The zero-order chi connectivity index (χ0) is 14.0. The summed E-state index contributed by atoms with van der Waals surface area (Å²) in [5, 5.41) is 3.30. The van der Waals surface area contributed by atoms with Gasteiger partial charge >= 0.3 is 0 Å². The predicted octanol–water partition coefficient (Wildman–Crippen LogP) is 4.04. The highest BCUT2D eigenvalue weighted by Crippen LogP contribution is 2.29. The SMILES string of the molecule is CCNC(c1ccc(C)o1)c1c(C)cc(C)cc1F. The van der Waals surface area contributed by atoms with E-state index < -0.39 is 0 Å². The molecule has 0 aliphatic carbocycles. The first-order valence-electron chi connectivity index (χ1n) is 6.59. The predicted molar refractivity (Wildman–Crippen MR) is 74.8 cm³/mol. The lowest BCUT2D eigenvalue weighted by Gasteiger charge is -2.19. The summed E-state index contributed by atoms with van der Waals surface area (Å²) < 4.78 is 20.0. The van der Waals surface area contributed by atoms with Gasteiger partial charge < -0.3 is 9.73 Å². The lowest BCUT2D eigenvalue weighted by atomic mass is 9.96. The normalized spacial score (nSPS) is 12.7. The van der Waals surface area contributed by atoms with Crippen molar-refractivity contribution in [2.24, 2.45) is 0 Å². The molecule has 1 heterocycles. The molecule has 0 aliphatic heterocycles. The van der Waals surface area contributed by atoms with Crippen LogP contribution in [0, 0.1) is 26.6 Å². The Morgan fingerprint density at radius 1 is 1.21 bits per heavy atom. The van der Waals surface area contributed by atoms with Crippen LogP contribution >= 0.6 is 0 Å². The van der Waals surface area contributed by atoms with Crippen LogP contribution in [0.25, 0.3) is 0 Å². The Morgan fingerprint density at radius 2 is 1.95 bits per heavy atom. The van der Waals surface area contributed by atoms with Gasteiger partial charge in [-0.3, -0.25) is 0 Å². The van der Waals surface area contributed by atoms with Crippen LogP contribution in [0.1, 0.15) is 41.2 Å². The minimum absolute atomic E-state index is 0.183. The average Bonchev–Trinajstić information content (AvgIpc) is 2.73. The monoisotopic (exact) mass is 261 g/mol. The minimum atomic E-state index is -0.237. The summed E-state index contributed by atoms with van der Waals surface area (Å²) >= 11 is 0. The average molecular weight is 261 g/mol. The van der Waals surface area contributed by atoms with Gasteiger partial charge in [-0.1, -0.05) is 13.0 Å². The number of halogens is 1. The highest BCUT2D eigenvalue weighted by atomic mass is 19.1. The third kappa shape index (κ3) is 2.87. The molecule has 0 fully saturated rings. The van der Waals surface area contributed by atoms with E-state index in [0.29, 0.717) is 5.56 Å². The van der Waals surface area contributed by atoms with E-state index in [4.69, 9.17) is 4.42 Å². The molecule has 0 amide bonds. The standard InChI is InChI=1S/C16H20FNO/c1-5-18-16(14-7-6-12(4)19-14)15-11(3)8-10(2)9-13(15)17/h6-9,16,18H,5H2,1-4H3. The van der Waals surface area contributed by atoms with E-state index in [1.165, 1.54) is 0 Å². The Labute approximate surface area is 113 Å². The molecule has 1 atom stereocenters. The lowest BCUT2D eigenvalue weighted by Crippen LogP contribution is -2.23. The first kappa shape index (κ1) is 13.8. The van der Waals surface area contributed by atoms with E-state index >= 15 is 0 Å². The summed E-state index contributed by atoms with van der Waals surface area (Å²) in [6.45, 7) is 8.48. The van der Waals surface area contributed by atoms with Crippen molar-refractivity contribution in [1.82, 2.24) is 5.32 Å². The molecule has 0 radical (unpaired) electrons. The number of benzene rings is 1. The summed E-state index contributed by atoms with van der Waals surface area (Å²) in [6.07, 6.45) is 0. The van der Waals surface area contributed by atoms with Crippen LogP contribution in [0.5, 0.6) is 0 Å². The Kier molecular flexibility index (Phi) is 4.05.